The van der Waals surface area contributed by atoms with Crippen LogP contribution in [0, 0.1) is 5.92 Å². The fourth-order valence-corrected chi connectivity index (χ4v) is 2.42. The van der Waals surface area contributed by atoms with Crippen molar-refractivity contribution in [3.05, 3.63) is 65.7 Å². The van der Waals surface area contributed by atoms with Gasteiger partial charge in [-0.15, -0.1) is 0 Å². The molecule has 0 amide bonds. The quantitative estimate of drug-likeness (QED) is 0.818. The van der Waals surface area contributed by atoms with Gasteiger partial charge in [-0.1, -0.05) is 68.5 Å². The highest BCUT2D eigenvalue weighted by Crippen LogP contribution is 2.17. The molecule has 0 fully saturated rings. The first kappa shape index (κ1) is 15.7. The fraction of sp³-hybridized carbons (Fsp3) is 0.278. The van der Waals surface area contributed by atoms with Crippen LogP contribution in [0.25, 0.3) is 0 Å². The second kappa shape index (κ2) is 7.34. The summed E-state index contributed by atoms with van der Waals surface area (Å²) in [6.07, 6.45) is 0.260. The van der Waals surface area contributed by atoms with Crippen molar-refractivity contribution in [2.45, 2.75) is 26.4 Å². The molecule has 1 unspecified atom stereocenters. The lowest BCUT2D eigenvalue weighted by Gasteiger charge is -2.18. The van der Waals surface area contributed by atoms with Gasteiger partial charge >= 0.3 is 0 Å². The standard InChI is InChI=1S/C18H21NOS/c1-13(2)17(20)12-14-8-6-7-11-16(14)18(21)19-15-9-4-3-5-10-15/h3-11,13,17,20H,12H2,1-2H3,(H,19,21). The van der Waals surface area contributed by atoms with Gasteiger partial charge < -0.3 is 10.4 Å². The number of benzene rings is 2. The number of rotatable bonds is 5. The third-order valence-electron chi connectivity index (χ3n) is 3.49. The van der Waals surface area contributed by atoms with E-state index in [2.05, 4.69) is 5.32 Å². The van der Waals surface area contributed by atoms with Crippen LogP contribution in [-0.2, 0) is 6.42 Å². The Hall–Kier alpha value is -1.71. The second-order valence-electron chi connectivity index (χ2n) is 5.49. The number of nitrogens with one attached hydrogen (secondary N) is 1. The molecule has 3 heteroatoms. The number of aliphatic hydroxyl groups is 1. The Bertz CT molecular complexity index is 595. The van der Waals surface area contributed by atoms with Crippen molar-refractivity contribution in [3.8, 4) is 0 Å². The maximum Gasteiger partial charge on any atom is 0.111 e. The molecular weight excluding hydrogens is 278 g/mol. The van der Waals surface area contributed by atoms with Gasteiger partial charge in [0, 0.05) is 11.3 Å². The summed E-state index contributed by atoms with van der Waals surface area (Å²) in [4.78, 5) is 0.688. The van der Waals surface area contributed by atoms with Gasteiger partial charge in [0.2, 0.25) is 0 Å². The number of thiocarbonyl (C=S) groups is 1. The highest BCUT2D eigenvalue weighted by atomic mass is 32.1. The topological polar surface area (TPSA) is 32.3 Å². The van der Waals surface area contributed by atoms with Crippen molar-refractivity contribution in [2.24, 2.45) is 5.92 Å². The van der Waals surface area contributed by atoms with E-state index in [1.54, 1.807) is 0 Å². The molecule has 0 spiro atoms. The molecule has 2 rings (SSSR count). The Morgan fingerprint density at radius 1 is 1.05 bits per heavy atom. The van der Waals surface area contributed by atoms with Gasteiger partial charge in [0.25, 0.3) is 0 Å². The molecule has 0 saturated carbocycles. The second-order valence-corrected chi connectivity index (χ2v) is 5.90. The summed E-state index contributed by atoms with van der Waals surface area (Å²) in [7, 11) is 0. The summed E-state index contributed by atoms with van der Waals surface area (Å²) in [5.41, 5.74) is 3.03. The number of hydrogen-bond donors (Lipinski definition) is 2. The lowest BCUT2D eigenvalue weighted by molar-refractivity contribution is 0.125. The van der Waals surface area contributed by atoms with Gasteiger partial charge in [-0.2, -0.15) is 0 Å². The van der Waals surface area contributed by atoms with Crippen LogP contribution in [0.15, 0.2) is 54.6 Å². The van der Waals surface area contributed by atoms with Crippen molar-refractivity contribution in [3.63, 3.8) is 0 Å². The molecule has 21 heavy (non-hydrogen) atoms. The maximum absolute atomic E-state index is 10.1. The van der Waals surface area contributed by atoms with E-state index in [-0.39, 0.29) is 12.0 Å². The van der Waals surface area contributed by atoms with E-state index in [4.69, 9.17) is 12.2 Å². The number of para-hydroxylation sites is 1. The smallest absolute Gasteiger partial charge is 0.111 e. The van der Waals surface area contributed by atoms with Crippen molar-refractivity contribution in [1.29, 1.82) is 0 Å². The van der Waals surface area contributed by atoms with Gasteiger partial charge in [-0.25, -0.2) is 0 Å². The van der Waals surface area contributed by atoms with Crippen LogP contribution < -0.4 is 5.32 Å². The molecular formula is C18H21NOS. The van der Waals surface area contributed by atoms with Crippen LogP contribution in [0.2, 0.25) is 0 Å². The first-order valence-electron chi connectivity index (χ1n) is 7.20. The third kappa shape index (κ3) is 4.38. The van der Waals surface area contributed by atoms with E-state index in [0.717, 1.165) is 16.8 Å². The van der Waals surface area contributed by atoms with Gasteiger partial charge in [0.15, 0.2) is 0 Å². The normalized spacial score (nSPS) is 12.2. The lowest BCUT2D eigenvalue weighted by atomic mass is 9.96. The highest BCUT2D eigenvalue weighted by Gasteiger charge is 2.14. The predicted molar refractivity (Wildman–Crippen MR) is 92.8 cm³/mol. The average Bonchev–Trinajstić information content (AvgIpc) is 2.48. The number of anilines is 1. The summed E-state index contributed by atoms with van der Waals surface area (Å²) in [5.74, 6) is 0.230. The summed E-state index contributed by atoms with van der Waals surface area (Å²) in [5, 5.41) is 13.4. The van der Waals surface area contributed by atoms with E-state index >= 15 is 0 Å². The summed E-state index contributed by atoms with van der Waals surface area (Å²) < 4.78 is 0. The minimum Gasteiger partial charge on any atom is -0.393 e. The van der Waals surface area contributed by atoms with E-state index in [0.29, 0.717) is 11.4 Å². The minimum absolute atomic E-state index is 0.230. The van der Waals surface area contributed by atoms with Crippen LogP contribution in [0.1, 0.15) is 25.0 Å². The highest BCUT2D eigenvalue weighted by molar-refractivity contribution is 7.81. The zero-order chi connectivity index (χ0) is 15.2. The molecule has 0 bridgehead atoms. The van der Waals surface area contributed by atoms with Crippen LogP contribution in [0.5, 0.6) is 0 Å². The molecule has 2 nitrogen and oxygen atoms in total. The van der Waals surface area contributed by atoms with E-state index < -0.39 is 0 Å². The van der Waals surface area contributed by atoms with Crippen LogP contribution >= 0.6 is 12.2 Å². The Morgan fingerprint density at radius 3 is 2.33 bits per heavy atom. The average molecular weight is 299 g/mol. The van der Waals surface area contributed by atoms with E-state index in [1.807, 2.05) is 68.4 Å². The monoisotopic (exact) mass is 299 g/mol. The molecule has 0 aliphatic heterocycles. The minimum atomic E-state index is -0.356. The Morgan fingerprint density at radius 2 is 1.67 bits per heavy atom. The zero-order valence-electron chi connectivity index (χ0n) is 12.4. The van der Waals surface area contributed by atoms with Gasteiger partial charge in [0.1, 0.15) is 4.99 Å². The summed E-state index contributed by atoms with van der Waals surface area (Å²) >= 11 is 5.52. The molecule has 1 atom stereocenters. The molecule has 0 heterocycles. The molecule has 2 aromatic carbocycles. The van der Waals surface area contributed by atoms with Gasteiger partial charge in [0.05, 0.1) is 6.10 Å². The summed E-state index contributed by atoms with van der Waals surface area (Å²) in [6.45, 7) is 4.04. The zero-order valence-corrected chi connectivity index (χ0v) is 13.2. The molecule has 0 saturated heterocycles. The molecule has 0 aliphatic carbocycles. The predicted octanol–water partition coefficient (Wildman–Crippen LogP) is 4.03. The van der Waals surface area contributed by atoms with Crippen molar-refractivity contribution in [2.75, 3.05) is 5.32 Å². The largest absolute Gasteiger partial charge is 0.393 e. The van der Waals surface area contributed by atoms with E-state index in [1.165, 1.54) is 0 Å². The summed E-state index contributed by atoms with van der Waals surface area (Å²) in [6, 6.07) is 17.9. The Balaban J connectivity index is 2.17. The van der Waals surface area contributed by atoms with Crippen molar-refractivity contribution < 1.29 is 5.11 Å². The molecule has 2 aromatic rings. The lowest BCUT2D eigenvalue weighted by Crippen LogP contribution is -2.20. The van der Waals surface area contributed by atoms with Crippen molar-refractivity contribution >= 4 is 22.9 Å². The molecule has 110 valence electrons. The SMILES string of the molecule is CC(C)C(O)Cc1ccccc1C(=S)Nc1ccccc1. The number of hydrogen-bond acceptors (Lipinski definition) is 2. The maximum atomic E-state index is 10.1. The third-order valence-corrected chi connectivity index (χ3v) is 3.81. The van der Waals surface area contributed by atoms with Gasteiger partial charge in [-0.05, 0) is 30.0 Å². The van der Waals surface area contributed by atoms with Crippen molar-refractivity contribution in [1.82, 2.24) is 0 Å². The van der Waals surface area contributed by atoms with Gasteiger partial charge in [-0.3, -0.25) is 0 Å². The molecule has 0 radical (unpaired) electrons. The van der Waals surface area contributed by atoms with Crippen LogP contribution in [0.4, 0.5) is 5.69 Å². The first-order valence-corrected chi connectivity index (χ1v) is 7.61. The Labute approximate surface area is 131 Å². The molecule has 0 aliphatic rings. The van der Waals surface area contributed by atoms with Crippen LogP contribution in [-0.4, -0.2) is 16.2 Å². The fourth-order valence-electron chi connectivity index (χ4n) is 2.10. The van der Waals surface area contributed by atoms with E-state index in [9.17, 15) is 5.11 Å². The van der Waals surface area contributed by atoms with Crippen LogP contribution in [0.3, 0.4) is 0 Å². The first-order chi connectivity index (χ1) is 10.1. The number of aliphatic hydroxyl groups excluding tert-OH is 1. The molecule has 0 aromatic heterocycles. The molecule has 2 N–H and O–H groups in total. The Kier molecular flexibility index (Phi) is 5.48.